The van der Waals surface area contributed by atoms with Crippen molar-refractivity contribution in [2.24, 2.45) is 0 Å². The molecule has 0 radical (unpaired) electrons. The van der Waals surface area contributed by atoms with Crippen molar-refractivity contribution in [2.75, 3.05) is 6.54 Å². The van der Waals surface area contributed by atoms with Crippen LogP contribution >= 0.6 is 0 Å². The number of carbonyl (C=O) groups excluding carboxylic acids is 2. The fourth-order valence-electron chi connectivity index (χ4n) is 2.31. The second kappa shape index (κ2) is 7.43. The van der Waals surface area contributed by atoms with Gasteiger partial charge in [-0.1, -0.05) is 30.3 Å². The molecule has 0 unspecified atom stereocenters. The Morgan fingerprint density at radius 2 is 1.96 bits per heavy atom. The standard InChI is InChI=1S/C17H14N4O5/c22-15(26-10-11-4-2-1-3-5-11)9-18-17(23)16-13-8-12(21(24)25)6-7-14(13)19-20-16/h1-8H,9-10H2,(H,18,23)(H,19,20). The summed E-state index contributed by atoms with van der Waals surface area (Å²) in [5, 5.41) is 20.0. The molecule has 0 atom stereocenters. The Morgan fingerprint density at radius 1 is 1.19 bits per heavy atom. The molecule has 9 heteroatoms. The molecule has 9 nitrogen and oxygen atoms in total. The molecule has 0 saturated heterocycles. The number of nitro benzene ring substituents is 1. The first-order chi connectivity index (χ1) is 12.5. The number of hydrogen-bond donors (Lipinski definition) is 2. The molecule has 2 N–H and O–H groups in total. The molecule has 0 aliphatic carbocycles. The number of aromatic nitrogens is 2. The van der Waals surface area contributed by atoms with Crippen LogP contribution in [-0.2, 0) is 16.1 Å². The zero-order valence-electron chi connectivity index (χ0n) is 13.5. The second-order valence-electron chi connectivity index (χ2n) is 5.39. The molecule has 1 aromatic heterocycles. The number of benzene rings is 2. The molecule has 0 saturated carbocycles. The number of non-ortho nitro benzene ring substituents is 1. The molecule has 132 valence electrons. The van der Waals surface area contributed by atoms with Crippen LogP contribution in [0.2, 0.25) is 0 Å². The number of nitrogens with zero attached hydrogens (tertiary/aromatic N) is 2. The molecule has 1 amide bonds. The van der Waals surface area contributed by atoms with Gasteiger partial charge in [-0.15, -0.1) is 0 Å². The number of nitro groups is 1. The van der Waals surface area contributed by atoms with Crippen molar-refractivity contribution in [2.45, 2.75) is 6.61 Å². The number of amides is 1. The van der Waals surface area contributed by atoms with Crippen molar-refractivity contribution in [3.05, 3.63) is 69.9 Å². The van der Waals surface area contributed by atoms with Gasteiger partial charge < -0.3 is 10.1 Å². The Kier molecular flexibility index (Phi) is 4.88. The maximum Gasteiger partial charge on any atom is 0.325 e. The van der Waals surface area contributed by atoms with Gasteiger partial charge in [0.2, 0.25) is 0 Å². The number of hydrogen-bond acceptors (Lipinski definition) is 6. The van der Waals surface area contributed by atoms with Gasteiger partial charge in [-0.05, 0) is 11.6 Å². The molecule has 0 spiro atoms. The fraction of sp³-hybridized carbons (Fsp3) is 0.118. The van der Waals surface area contributed by atoms with Crippen molar-refractivity contribution in [3.8, 4) is 0 Å². The number of carbonyl (C=O) groups is 2. The van der Waals surface area contributed by atoms with E-state index in [0.717, 1.165) is 5.56 Å². The van der Waals surface area contributed by atoms with Gasteiger partial charge in [-0.25, -0.2) is 0 Å². The summed E-state index contributed by atoms with van der Waals surface area (Å²) in [6.07, 6.45) is 0. The van der Waals surface area contributed by atoms with E-state index in [1.165, 1.54) is 18.2 Å². The largest absolute Gasteiger partial charge is 0.460 e. The number of fused-ring (bicyclic) bond motifs is 1. The Labute approximate surface area is 147 Å². The number of esters is 1. The van der Waals surface area contributed by atoms with E-state index in [0.29, 0.717) is 10.9 Å². The van der Waals surface area contributed by atoms with Crippen LogP contribution in [-0.4, -0.2) is 33.5 Å². The quantitative estimate of drug-likeness (QED) is 0.396. The minimum Gasteiger partial charge on any atom is -0.460 e. The summed E-state index contributed by atoms with van der Waals surface area (Å²) in [7, 11) is 0. The number of ether oxygens (including phenoxy) is 1. The normalized spacial score (nSPS) is 10.5. The third-order valence-corrected chi connectivity index (χ3v) is 3.61. The molecule has 1 heterocycles. The minimum absolute atomic E-state index is 0.0282. The van der Waals surface area contributed by atoms with Crippen molar-refractivity contribution in [3.63, 3.8) is 0 Å². The van der Waals surface area contributed by atoms with Gasteiger partial charge in [0, 0.05) is 17.5 Å². The third kappa shape index (κ3) is 3.83. The third-order valence-electron chi connectivity index (χ3n) is 3.61. The molecule has 0 fully saturated rings. The summed E-state index contributed by atoms with van der Waals surface area (Å²) < 4.78 is 5.06. The Morgan fingerprint density at radius 3 is 2.69 bits per heavy atom. The molecule has 0 aliphatic rings. The van der Waals surface area contributed by atoms with E-state index in [1.54, 1.807) is 0 Å². The van der Waals surface area contributed by atoms with Crippen LogP contribution in [0.25, 0.3) is 10.9 Å². The number of aromatic amines is 1. The van der Waals surface area contributed by atoms with E-state index < -0.39 is 16.8 Å². The van der Waals surface area contributed by atoms with Crippen molar-refractivity contribution >= 4 is 28.5 Å². The van der Waals surface area contributed by atoms with Crippen molar-refractivity contribution in [1.29, 1.82) is 0 Å². The van der Waals surface area contributed by atoms with Crippen LogP contribution in [0, 0.1) is 10.1 Å². The topological polar surface area (TPSA) is 127 Å². The number of H-pyrrole nitrogens is 1. The molecule has 3 aromatic rings. The summed E-state index contributed by atoms with van der Waals surface area (Å²) in [6.45, 7) is -0.234. The molecule has 0 bridgehead atoms. The monoisotopic (exact) mass is 354 g/mol. The first-order valence-corrected chi connectivity index (χ1v) is 7.65. The van der Waals surface area contributed by atoms with Crippen molar-refractivity contribution < 1.29 is 19.2 Å². The lowest BCUT2D eigenvalue weighted by Gasteiger charge is -2.06. The smallest absolute Gasteiger partial charge is 0.325 e. The Bertz CT molecular complexity index is 968. The van der Waals surface area contributed by atoms with Crippen LogP contribution in [0.5, 0.6) is 0 Å². The van der Waals surface area contributed by atoms with Gasteiger partial charge in [-0.2, -0.15) is 5.10 Å². The maximum atomic E-state index is 12.2. The van der Waals surface area contributed by atoms with Crippen LogP contribution in [0.15, 0.2) is 48.5 Å². The van der Waals surface area contributed by atoms with Gasteiger partial charge >= 0.3 is 5.97 Å². The Balaban J connectivity index is 1.61. The minimum atomic E-state index is -0.631. The van der Waals surface area contributed by atoms with Gasteiger partial charge in [0.05, 0.1) is 10.4 Å². The SMILES string of the molecule is O=C(CNC(=O)c1n[nH]c2ccc([N+](=O)[O-])cc12)OCc1ccccc1. The van der Waals surface area contributed by atoms with Gasteiger partial charge in [0.1, 0.15) is 13.2 Å². The zero-order valence-corrected chi connectivity index (χ0v) is 13.5. The molecule has 3 rings (SSSR count). The van der Waals surface area contributed by atoms with Crippen LogP contribution < -0.4 is 5.32 Å². The highest BCUT2D eigenvalue weighted by atomic mass is 16.6. The van der Waals surface area contributed by atoms with Crippen LogP contribution in [0.3, 0.4) is 0 Å². The van der Waals surface area contributed by atoms with Crippen molar-refractivity contribution in [1.82, 2.24) is 15.5 Å². The lowest BCUT2D eigenvalue weighted by Crippen LogP contribution is -2.30. The highest BCUT2D eigenvalue weighted by Gasteiger charge is 2.18. The molecular weight excluding hydrogens is 340 g/mol. The van der Waals surface area contributed by atoms with E-state index in [4.69, 9.17) is 4.74 Å². The molecule has 0 aliphatic heterocycles. The second-order valence-corrected chi connectivity index (χ2v) is 5.39. The lowest BCUT2D eigenvalue weighted by atomic mass is 10.2. The van der Waals surface area contributed by atoms with E-state index >= 15 is 0 Å². The van der Waals surface area contributed by atoms with Gasteiger partial charge in [0.25, 0.3) is 11.6 Å². The first kappa shape index (κ1) is 17.1. The summed E-state index contributed by atoms with van der Waals surface area (Å²) in [6, 6.07) is 13.2. The van der Waals surface area contributed by atoms with Gasteiger partial charge in [-0.3, -0.25) is 24.8 Å². The van der Waals surface area contributed by atoms with E-state index in [9.17, 15) is 19.7 Å². The summed E-state index contributed by atoms with van der Waals surface area (Å²) in [5.41, 5.74) is 1.12. The average molecular weight is 354 g/mol. The lowest BCUT2D eigenvalue weighted by molar-refractivity contribution is -0.384. The van der Waals surface area contributed by atoms with E-state index in [1.807, 2.05) is 30.3 Å². The summed E-state index contributed by atoms with van der Waals surface area (Å²) in [4.78, 5) is 34.3. The highest BCUT2D eigenvalue weighted by Crippen LogP contribution is 2.21. The van der Waals surface area contributed by atoms with E-state index in [2.05, 4.69) is 15.5 Å². The number of nitrogens with one attached hydrogen (secondary N) is 2. The summed E-state index contributed by atoms with van der Waals surface area (Å²) >= 11 is 0. The van der Waals surface area contributed by atoms with Gasteiger partial charge in [0.15, 0.2) is 5.69 Å². The summed E-state index contributed by atoms with van der Waals surface area (Å²) in [5.74, 6) is -1.23. The Hall–Kier alpha value is -3.75. The highest BCUT2D eigenvalue weighted by molar-refractivity contribution is 6.05. The van der Waals surface area contributed by atoms with Crippen LogP contribution in [0.1, 0.15) is 16.1 Å². The molecular formula is C17H14N4O5. The number of rotatable bonds is 6. The predicted octanol–water partition coefficient (Wildman–Crippen LogP) is 1.94. The zero-order chi connectivity index (χ0) is 18.5. The molecule has 2 aromatic carbocycles. The molecule has 26 heavy (non-hydrogen) atoms. The van der Waals surface area contributed by atoms with Crippen LogP contribution in [0.4, 0.5) is 5.69 Å². The fourth-order valence-corrected chi connectivity index (χ4v) is 2.31. The predicted molar refractivity (Wildman–Crippen MR) is 91.3 cm³/mol. The average Bonchev–Trinajstić information content (AvgIpc) is 3.08. The maximum absolute atomic E-state index is 12.2. The first-order valence-electron chi connectivity index (χ1n) is 7.65. The van der Waals surface area contributed by atoms with E-state index in [-0.39, 0.29) is 24.5 Å².